The van der Waals surface area contributed by atoms with E-state index in [1.165, 1.54) is 23.0 Å². The minimum Gasteiger partial charge on any atom is -0.127 e. The number of fused-ring (bicyclic) bond motifs is 1. The van der Waals surface area contributed by atoms with Crippen LogP contribution in [0.15, 0.2) is 22.0 Å². The monoisotopic (exact) mass is 352 g/mol. The molecule has 0 spiro atoms. The van der Waals surface area contributed by atoms with Crippen molar-refractivity contribution in [3.8, 4) is 0 Å². The van der Waals surface area contributed by atoms with E-state index in [-0.39, 0.29) is 0 Å². The summed E-state index contributed by atoms with van der Waals surface area (Å²) in [6.45, 7) is 2.15. The van der Waals surface area contributed by atoms with Crippen LogP contribution < -0.4 is 0 Å². The predicted molar refractivity (Wildman–Crippen MR) is 67.0 cm³/mol. The largest absolute Gasteiger partial charge is 0.127 e. The summed E-state index contributed by atoms with van der Waals surface area (Å²) < 4.78 is 3.97. The van der Waals surface area contributed by atoms with Crippen molar-refractivity contribution in [2.24, 2.45) is 0 Å². The Hall–Kier alpha value is 0.390. The third-order valence-electron chi connectivity index (χ3n) is 1.81. The third kappa shape index (κ3) is 1.32. The van der Waals surface area contributed by atoms with Crippen LogP contribution in [0, 0.1) is 10.5 Å². The molecule has 3 heteroatoms. The zero-order valence-corrected chi connectivity index (χ0v) is 11.0. The van der Waals surface area contributed by atoms with Crippen LogP contribution in [0.5, 0.6) is 0 Å². The Labute approximate surface area is 97.2 Å². The molecule has 0 bridgehead atoms. The molecule has 0 radical (unpaired) electrons. The van der Waals surface area contributed by atoms with Crippen molar-refractivity contribution in [2.45, 2.75) is 6.92 Å². The van der Waals surface area contributed by atoms with E-state index in [0.29, 0.717) is 0 Å². The lowest BCUT2D eigenvalue weighted by Gasteiger charge is -1.93. The summed E-state index contributed by atoms with van der Waals surface area (Å²) >= 11 is 7.75. The number of aryl methyl sites for hydroxylation is 1. The Bertz CT molecular complexity index is 433. The smallest absolute Gasteiger partial charge is 0.0844 e. The van der Waals surface area contributed by atoms with Gasteiger partial charge in [-0.1, -0.05) is 18.2 Å². The zero-order chi connectivity index (χ0) is 8.72. The molecule has 0 saturated carbocycles. The van der Waals surface area contributed by atoms with Crippen LogP contribution in [-0.4, -0.2) is 0 Å². The van der Waals surface area contributed by atoms with Crippen molar-refractivity contribution in [1.82, 2.24) is 0 Å². The molecule has 0 N–H and O–H groups in total. The molecule has 0 aliphatic heterocycles. The van der Waals surface area contributed by atoms with Crippen LogP contribution in [0.2, 0.25) is 0 Å². The lowest BCUT2D eigenvalue weighted by Crippen LogP contribution is -1.71. The first kappa shape index (κ1) is 8.97. The summed E-state index contributed by atoms with van der Waals surface area (Å²) in [5.41, 5.74) is 1.36. The predicted octanol–water partition coefficient (Wildman–Crippen LogP) is 4.58. The van der Waals surface area contributed by atoms with Gasteiger partial charge in [0, 0.05) is 13.7 Å². The molecule has 12 heavy (non-hydrogen) atoms. The highest BCUT2D eigenvalue weighted by atomic mass is 127. The van der Waals surface area contributed by atoms with E-state index in [1.807, 2.05) is 11.3 Å². The molecule has 0 aliphatic rings. The molecule has 0 fully saturated rings. The van der Waals surface area contributed by atoms with Gasteiger partial charge in [0.05, 0.1) is 3.79 Å². The van der Waals surface area contributed by atoms with Gasteiger partial charge in [-0.05, 0) is 51.0 Å². The standard InChI is InChI=1S/C9H6BrIS/c1-5-3-2-4-6-7(11)9(10)12-8(5)6/h2-4H,1H3. The molecule has 0 saturated heterocycles. The number of benzene rings is 1. The molecule has 2 aromatic rings. The highest BCUT2D eigenvalue weighted by Gasteiger charge is 2.07. The van der Waals surface area contributed by atoms with E-state index in [9.17, 15) is 0 Å². The molecular weight excluding hydrogens is 347 g/mol. The summed E-state index contributed by atoms with van der Waals surface area (Å²) in [4.78, 5) is 0. The van der Waals surface area contributed by atoms with E-state index in [2.05, 4.69) is 63.6 Å². The number of thiophene rings is 1. The maximum absolute atomic E-state index is 3.55. The van der Waals surface area contributed by atoms with Gasteiger partial charge in [0.1, 0.15) is 0 Å². The molecule has 1 aromatic carbocycles. The van der Waals surface area contributed by atoms with Crippen molar-refractivity contribution in [3.63, 3.8) is 0 Å². The summed E-state index contributed by atoms with van der Waals surface area (Å²) in [7, 11) is 0. The number of rotatable bonds is 0. The van der Waals surface area contributed by atoms with Gasteiger partial charge >= 0.3 is 0 Å². The van der Waals surface area contributed by atoms with Crippen molar-refractivity contribution >= 4 is 59.9 Å². The van der Waals surface area contributed by atoms with Gasteiger partial charge in [-0.3, -0.25) is 0 Å². The van der Waals surface area contributed by atoms with Crippen LogP contribution >= 0.6 is 49.9 Å². The molecule has 0 atom stereocenters. The Morgan fingerprint density at radius 2 is 2.17 bits per heavy atom. The first-order valence-electron chi connectivity index (χ1n) is 3.53. The average Bonchev–Trinajstić information content (AvgIpc) is 2.32. The molecule has 0 amide bonds. The summed E-state index contributed by atoms with van der Waals surface area (Å²) in [6, 6.07) is 6.44. The van der Waals surface area contributed by atoms with Gasteiger partial charge < -0.3 is 0 Å². The molecule has 62 valence electrons. The topological polar surface area (TPSA) is 0 Å². The van der Waals surface area contributed by atoms with Gasteiger partial charge in [-0.15, -0.1) is 11.3 Å². The molecule has 0 nitrogen and oxygen atoms in total. The van der Waals surface area contributed by atoms with Crippen molar-refractivity contribution < 1.29 is 0 Å². The highest BCUT2D eigenvalue weighted by Crippen LogP contribution is 2.37. The molecule has 2 rings (SSSR count). The first-order valence-corrected chi connectivity index (χ1v) is 6.22. The third-order valence-corrected chi connectivity index (χ3v) is 6.05. The quantitative estimate of drug-likeness (QED) is 0.609. The minimum atomic E-state index is 1.24. The van der Waals surface area contributed by atoms with Crippen LogP contribution in [0.3, 0.4) is 0 Å². The Morgan fingerprint density at radius 3 is 2.83 bits per heavy atom. The van der Waals surface area contributed by atoms with E-state index in [4.69, 9.17) is 0 Å². The number of hydrogen-bond donors (Lipinski definition) is 0. The first-order chi connectivity index (χ1) is 5.70. The van der Waals surface area contributed by atoms with Crippen molar-refractivity contribution in [2.75, 3.05) is 0 Å². The second-order valence-electron chi connectivity index (χ2n) is 2.64. The highest BCUT2D eigenvalue weighted by molar-refractivity contribution is 14.1. The SMILES string of the molecule is Cc1cccc2c(I)c(Br)sc12. The Morgan fingerprint density at radius 1 is 1.42 bits per heavy atom. The van der Waals surface area contributed by atoms with Crippen molar-refractivity contribution in [3.05, 3.63) is 31.1 Å². The number of halogens is 2. The van der Waals surface area contributed by atoms with E-state index in [0.717, 1.165) is 0 Å². The molecule has 0 unspecified atom stereocenters. The molecule has 1 aromatic heterocycles. The fourth-order valence-electron chi connectivity index (χ4n) is 1.20. The summed E-state index contributed by atoms with van der Waals surface area (Å²) in [5, 5.41) is 1.37. The average molecular weight is 353 g/mol. The van der Waals surface area contributed by atoms with Crippen LogP contribution in [-0.2, 0) is 0 Å². The Balaban J connectivity index is 2.95. The minimum absolute atomic E-state index is 1.24. The molecule has 0 aliphatic carbocycles. The summed E-state index contributed by atoms with van der Waals surface area (Å²) in [5.74, 6) is 0. The lowest BCUT2D eigenvalue weighted by molar-refractivity contribution is 1.56. The zero-order valence-electron chi connectivity index (χ0n) is 6.40. The maximum atomic E-state index is 3.55. The van der Waals surface area contributed by atoms with Gasteiger partial charge in [0.25, 0.3) is 0 Å². The maximum Gasteiger partial charge on any atom is 0.0844 e. The second-order valence-corrected chi connectivity index (χ2v) is 6.06. The lowest BCUT2D eigenvalue weighted by atomic mass is 10.2. The summed E-state index contributed by atoms with van der Waals surface area (Å²) in [6.07, 6.45) is 0. The van der Waals surface area contributed by atoms with Gasteiger partial charge in [0.2, 0.25) is 0 Å². The normalized spacial score (nSPS) is 10.9. The van der Waals surface area contributed by atoms with Crippen LogP contribution in [0.1, 0.15) is 5.56 Å². The van der Waals surface area contributed by atoms with Gasteiger partial charge in [0.15, 0.2) is 0 Å². The van der Waals surface area contributed by atoms with Crippen molar-refractivity contribution in [1.29, 1.82) is 0 Å². The second kappa shape index (κ2) is 3.27. The number of hydrogen-bond acceptors (Lipinski definition) is 1. The van der Waals surface area contributed by atoms with E-state index in [1.54, 1.807) is 0 Å². The molecular formula is C9H6BrIS. The van der Waals surface area contributed by atoms with Gasteiger partial charge in [-0.2, -0.15) is 0 Å². The van der Waals surface area contributed by atoms with E-state index >= 15 is 0 Å². The molecule has 1 heterocycles. The Kier molecular flexibility index (Phi) is 2.44. The van der Waals surface area contributed by atoms with E-state index < -0.39 is 0 Å². The van der Waals surface area contributed by atoms with Crippen LogP contribution in [0.25, 0.3) is 10.1 Å². The fourth-order valence-corrected chi connectivity index (χ4v) is 3.75. The fraction of sp³-hybridized carbons (Fsp3) is 0.111. The van der Waals surface area contributed by atoms with Gasteiger partial charge in [-0.25, -0.2) is 0 Å². The van der Waals surface area contributed by atoms with Crippen LogP contribution in [0.4, 0.5) is 0 Å².